The maximum absolute atomic E-state index is 11.7. The van der Waals surface area contributed by atoms with E-state index in [4.69, 9.17) is 16.6 Å². The van der Waals surface area contributed by atoms with Crippen LogP contribution in [-0.2, 0) is 10.2 Å². The molecule has 0 bridgehead atoms. The number of rotatable bonds is 8. The van der Waals surface area contributed by atoms with Crippen LogP contribution in [0.5, 0.6) is 0 Å². The molecule has 30 heavy (non-hydrogen) atoms. The maximum Gasteiger partial charge on any atom is 0.220 e. The summed E-state index contributed by atoms with van der Waals surface area (Å²) < 4.78 is 0. The third-order valence-corrected chi connectivity index (χ3v) is 6.60. The standard InChI is InChI=1S/C23H37ClN4O.HI/c1-5-23(6-2,19-8-10-20(24)11-9-19)17-27-22(26-7-3)28-14-12-18(13-15-28)16-21(29)25-4;/h8-11,18H,5-7,12-17H2,1-4H3,(H,25,29)(H,26,27);1H. The third-order valence-electron chi connectivity index (χ3n) is 6.34. The number of likely N-dealkylation sites (tertiary alicyclic amines) is 1. The van der Waals surface area contributed by atoms with Crippen LogP contribution in [0.1, 0.15) is 58.4 Å². The van der Waals surface area contributed by atoms with E-state index in [2.05, 4.69) is 48.4 Å². The van der Waals surface area contributed by atoms with Gasteiger partial charge in [0.25, 0.3) is 0 Å². The fourth-order valence-corrected chi connectivity index (χ4v) is 4.27. The van der Waals surface area contributed by atoms with Crippen molar-refractivity contribution in [1.82, 2.24) is 15.5 Å². The predicted molar refractivity (Wildman–Crippen MR) is 138 cm³/mol. The molecule has 0 aliphatic carbocycles. The highest BCUT2D eigenvalue weighted by Crippen LogP contribution is 2.33. The van der Waals surface area contributed by atoms with Gasteiger partial charge < -0.3 is 15.5 Å². The molecule has 0 saturated carbocycles. The Hall–Kier alpha value is -1.02. The Morgan fingerprint density at radius 2 is 1.77 bits per heavy atom. The van der Waals surface area contributed by atoms with Crippen LogP contribution in [0.2, 0.25) is 5.02 Å². The normalized spacial score (nSPS) is 15.5. The minimum atomic E-state index is 0. The second-order valence-electron chi connectivity index (χ2n) is 7.97. The number of hydrogen-bond acceptors (Lipinski definition) is 2. The topological polar surface area (TPSA) is 56.7 Å². The molecule has 1 fully saturated rings. The van der Waals surface area contributed by atoms with E-state index in [0.29, 0.717) is 12.3 Å². The smallest absolute Gasteiger partial charge is 0.220 e. The number of halogens is 2. The average molecular weight is 549 g/mol. The van der Waals surface area contributed by atoms with Crippen molar-refractivity contribution < 1.29 is 4.79 Å². The van der Waals surface area contributed by atoms with Crippen LogP contribution < -0.4 is 10.6 Å². The van der Waals surface area contributed by atoms with E-state index in [1.165, 1.54) is 5.56 Å². The number of aliphatic imine (C=N–C) groups is 1. The molecule has 7 heteroatoms. The zero-order valence-corrected chi connectivity index (χ0v) is 21.9. The van der Waals surface area contributed by atoms with Crippen LogP contribution in [0.25, 0.3) is 0 Å². The summed E-state index contributed by atoms with van der Waals surface area (Å²) in [4.78, 5) is 19.1. The number of benzene rings is 1. The Labute approximate surface area is 204 Å². The highest BCUT2D eigenvalue weighted by molar-refractivity contribution is 14.0. The molecule has 0 spiro atoms. The van der Waals surface area contributed by atoms with Gasteiger partial charge >= 0.3 is 0 Å². The lowest BCUT2D eigenvalue weighted by Gasteiger charge is -2.36. The number of hydrogen-bond donors (Lipinski definition) is 2. The summed E-state index contributed by atoms with van der Waals surface area (Å²) in [7, 11) is 1.71. The molecule has 5 nitrogen and oxygen atoms in total. The molecule has 1 aromatic carbocycles. The molecule has 0 aromatic heterocycles. The van der Waals surface area contributed by atoms with Crippen LogP contribution >= 0.6 is 35.6 Å². The Bertz CT molecular complexity index is 668. The van der Waals surface area contributed by atoms with Crippen molar-refractivity contribution in [2.45, 2.75) is 58.3 Å². The molecule has 1 amide bonds. The second kappa shape index (κ2) is 13.4. The number of piperidine rings is 1. The lowest BCUT2D eigenvalue weighted by molar-refractivity contribution is -0.121. The van der Waals surface area contributed by atoms with Crippen LogP contribution in [0, 0.1) is 5.92 Å². The Morgan fingerprint density at radius 3 is 2.27 bits per heavy atom. The van der Waals surface area contributed by atoms with Crippen molar-refractivity contribution in [3.8, 4) is 0 Å². The maximum atomic E-state index is 11.7. The Kier molecular flexibility index (Phi) is 12.1. The highest BCUT2D eigenvalue weighted by Gasteiger charge is 2.29. The molecule has 1 saturated heterocycles. The highest BCUT2D eigenvalue weighted by atomic mass is 127. The number of carbonyl (C=O) groups excluding carboxylic acids is 1. The van der Waals surface area contributed by atoms with Gasteiger partial charge in [-0.1, -0.05) is 37.6 Å². The van der Waals surface area contributed by atoms with Crippen LogP contribution in [0.4, 0.5) is 0 Å². The zero-order chi connectivity index (χ0) is 21.3. The predicted octanol–water partition coefficient (Wildman–Crippen LogP) is 4.83. The number of amides is 1. The number of guanidine groups is 1. The van der Waals surface area contributed by atoms with Crippen LogP contribution in [0.15, 0.2) is 29.3 Å². The first-order chi connectivity index (χ1) is 14.0. The molecular weight excluding hydrogens is 511 g/mol. The monoisotopic (exact) mass is 548 g/mol. The van der Waals surface area contributed by atoms with Gasteiger partial charge in [0, 0.05) is 43.5 Å². The van der Waals surface area contributed by atoms with Gasteiger partial charge in [-0.05, 0) is 56.2 Å². The van der Waals surface area contributed by atoms with Crippen molar-refractivity contribution in [3.63, 3.8) is 0 Å². The van der Waals surface area contributed by atoms with Gasteiger partial charge in [0.15, 0.2) is 5.96 Å². The summed E-state index contributed by atoms with van der Waals surface area (Å²) in [6, 6.07) is 8.23. The number of nitrogens with one attached hydrogen (secondary N) is 2. The number of carbonyl (C=O) groups is 1. The van der Waals surface area contributed by atoms with E-state index in [0.717, 1.165) is 62.8 Å². The third kappa shape index (κ3) is 7.29. The summed E-state index contributed by atoms with van der Waals surface area (Å²) in [5.41, 5.74) is 1.32. The van der Waals surface area contributed by atoms with E-state index >= 15 is 0 Å². The summed E-state index contributed by atoms with van der Waals surface area (Å²) in [6.07, 6.45) is 4.75. The molecular formula is C23H38ClIN4O. The summed E-state index contributed by atoms with van der Waals surface area (Å²) >= 11 is 6.10. The molecule has 0 radical (unpaired) electrons. The van der Waals surface area contributed by atoms with Crippen LogP contribution in [-0.4, -0.2) is 50.0 Å². The molecule has 2 N–H and O–H groups in total. The van der Waals surface area contributed by atoms with Crippen molar-refractivity contribution in [2.75, 3.05) is 33.2 Å². The summed E-state index contributed by atoms with van der Waals surface area (Å²) in [6.45, 7) is 10.1. The lowest BCUT2D eigenvalue weighted by Crippen LogP contribution is -2.46. The van der Waals surface area contributed by atoms with Gasteiger partial charge in [-0.3, -0.25) is 9.79 Å². The molecule has 1 heterocycles. The molecule has 1 aliphatic rings. The van der Waals surface area contributed by atoms with Crippen molar-refractivity contribution in [2.24, 2.45) is 10.9 Å². The molecule has 2 rings (SSSR count). The van der Waals surface area contributed by atoms with Gasteiger partial charge in [0.05, 0.1) is 6.54 Å². The van der Waals surface area contributed by atoms with Gasteiger partial charge in [-0.15, -0.1) is 24.0 Å². The molecule has 0 atom stereocenters. The van der Waals surface area contributed by atoms with E-state index in [-0.39, 0.29) is 35.3 Å². The van der Waals surface area contributed by atoms with Gasteiger partial charge in [-0.2, -0.15) is 0 Å². The van der Waals surface area contributed by atoms with E-state index in [1.54, 1.807) is 7.05 Å². The minimum Gasteiger partial charge on any atom is -0.359 e. The first-order valence-electron chi connectivity index (χ1n) is 11.0. The van der Waals surface area contributed by atoms with E-state index < -0.39 is 0 Å². The molecule has 1 aliphatic heterocycles. The molecule has 0 unspecified atom stereocenters. The fourth-order valence-electron chi connectivity index (χ4n) is 4.14. The van der Waals surface area contributed by atoms with Crippen molar-refractivity contribution in [3.05, 3.63) is 34.9 Å². The van der Waals surface area contributed by atoms with E-state index in [9.17, 15) is 4.79 Å². The summed E-state index contributed by atoms with van der Waals surface area (Å²) in [5, 5.41) is 6.98. The quantitative estimate of drug-likeness (QED) is 0.278. The Balaban J connectivity index is 0.00000450. The first-order valence-corrected chi connectivity index (χ1v) is 11.4. The largest absolute Gasteiger partial charge is 0.359 e. The van der Waals surface area contributed by atoms with Crippen molar-refractivity contribution >= 4 is 47.4 Å². The van der Waals surface area contributed by atoms with Crippen molar-refractivity contribution in [1.29, 1.82) is 0 Å². The zero-order valence-electron chi connectivity index (χ0n) is 18.8. The van der Waals surface area contributed by atoms with E-state index in [1.807, 2.05) is 12.1 Å². The minimum absolute atomic E-state index is 0. The van der Waals surface area contributed by atoms with Gasteiger partial charge in [0.1, 0.15) is 0 Å². The Morgan fingerprint density at radius 1 is 1.17 bits per heavy atom. The lowest BCUT2D eigenvalue weighted by atomic mass is 9.76. The fraction of sp³-hybridized carbons (Fsp3) is 0.652. The van der Waals surface area contributed by atoms with Gasteiger partial charge in [-0.25, -0.2) is 0 Å². The summed E-state index contributed by atoms with van der Waals surface area (Å²) in [5.74, 6) is 1.60. The SMILES string of the molecule is CCNC(=NCC(CC)(CC)c1ccc(Cl)cc1)N1CCC(CC(=O)NC)CC1.I. The first kappa shape index (κ1) is 27.0. The number of nitrogens with zero attached hydrogens (tertiary/aromatic N) is 2. The second-order valence-corrected chi connectivity index (χ2v) is 8.41. The average Bonchev–Trinajstić information content (AvgIpc) is 2.75. The molecule has 170 valence electrons. The van der Waals surface area contributed by atoms with Gasteiger partial charge in [0.2, 0.25) is 5.91 Å². The van der Waals surface area contributed by atoms with Crippen LogP contribution in [0.3, 0.4) is 0 Å². The molecule has 1 aromatic rings.